The van der Waals surface area contributed by atoms with Crippen LogP contribution < -0.4 is 4.72 Å². The highest BCUT2D eigenvalue weighted by Gasteiger charge is 2.23. The number of carbonyl (C=O) groups is 1. The average Bonchev–Trinajstić information content (AvgIpc) is 2.91. The van der Waals surface area contributed by atoms with Crippen molar-refractivity contribution in [2.45, 2.75) is 11.3 Å². The van der Waals surface area contributed by atoms with E-state index in [0.717, 1.165) is 0 Å². The van der Waals surface area contributed by atoms with E-state index < -0.39 is 27.7 Å². The molecule has 0 fully saturated rings. The third kappa shape index (κ3) is 4.60. The number of rotatable bonds is 7. The van der Waals surface area contributed by atoms with E-state index in [1.165, 1.54) is 35.3 Å². The smallest absolute Gasteiger partial charge is 0.308 e. The first-order chi connectivity index (χ1) is 10.8. The van der Waals surface area contributed by atoms with Crippen molar-refractivity contribution in [2.24, 2.45) is 13.0 Å². The van der Waals surface area contributed by atoms with Crippen LogP contribution in [-0.2, 0) is 28.3 Å². The Labute approximate surface area is 132 Å². The van der Waals surface area contributed by atoms with Crippen LogP contribution >= 0.6 is 0 Å². The van der Waals surface area contributed by atoms with Gasteiger partial charge in [0, 0.05) is 19.8 Å². The topological polar surface area (TPSA) is 101 Å². The number of halogens is 1. The molecular weight excluding hydrogens is 325 g/mol. The third-order valence-electron chi connectivity index (χ3n) is 3.23. The van der Waals surface area contributed by atoms with Crippen LogP contribution in [0.3, 0.4) is 0 Å². The number of hydrogen-bond acceptors (Lipinski definition) is 4. The van der Waals surface area contributed by atoms with Gasteiger partial charge < -0.3 is 5.11 Å². The number of aromatic nitrogens is 2. The molecule has 9 heteroatoms. The minimum absolute atomic E-state index is 0.0165. The highest BCUT2D eigenvalue weighted by molar-refractivity contribution is 7.89. The second-order valence-electron chi connectivity index (χ2n) is 5.07. The fourth-order valence-electron chi connectivity index (χ4n) is 2.03. The Bertz CT molecular complexity index is 804. The Kier molecular flexibility index (Phi) is 5.12. The molecule has 0 aliphatic rings. The van der Waals surface area contributed by atoms with Gasteiger partial charge >= 0.3 is 5.97 Å². The van der Waals surface area contributed by atoms with Crippen LogP contribution in [0.4, 0.5) is 4.39 Å². The van der Waals surface area contributed by atoms with Crippen LogP contribution in [0.15, 0.2) is 41.6 Å². The lowest BCUT2D eigenvalue weighted by Crippen LogP contribution is -2.34. The maximum atomic E-state index is 13.1. The zero-order chi connectivity index (χ0) is 17.0. The summed E-state index contributed by atoms with van der Waals surface area (Å²) in [6.45, 7) is -0.303. The summed E-state index contributed by atoms with van der Waals surface area (Å²) in [5, 5.41) is 13.0. The van der Waals surface area contributed by atoms with Crippen LogP contribution in [0.2, 0.25) is 0 Å². The molecule has 0 bridgehead atoms. The van der Waals surface area contributed by atoms with Gasteiger partial charge in [-0.25, -0.2) is 17.5 Å². The molecule has 23 heavy (non-hydrogen) atoms. The van der Waals surface area contributed by atoms with Crippen molar-refractivity contribution in [1.29, 1.82) is 0 Å². The van der Waals surface area contributed by atoms with E-state index >= 15 is 0 Å². The number of hydrogen-bond donors (Lipinski definition) is 2. The van der Waals surface area contributed by atoms with Crippen LogP contribution in [0.1, 0.15) is 5.56 Å². The van der Waals surface area contributed by atoms with Crippen molar-refractivity contribution >= 4 is 16.0 Å². The Balaban J connectivity index is 2.07. The third-order valence-corrected chi connectivity index (χ3v) is 4.61. The molecular formula is C14H16FN3O4S. The summed E-state index contributed by atoms with van der Waals surface area (Å²) in [7, 11) is -2.27. The molecule has 0 aliphatic heterocycles. The molecule has 124 valence electrons. The number of nitrogens with one attached hydrogen (secondary N) is 1. The second kappa shape index (κ2) is 6.88. The molecule has 1 unspecified atom stereocenters. The van der Waals surface area contributed by atoms with Gasteiger partial charge in [-0.15, -0.1) is 0 Å². The number of aryl methyl sites for hydroxylation is 1. The van der Waals surface area contributed by atoms with Crippen LogP contribution in [0.5, 0.6) is 0 Å². The molecule has 1 heterocycles. The van der Waals surface area contributed by atoms with E-state index in [-0.39, 0.29) is 17.9 Å². The van der Waals surface area contributed by atoms with E-state index in [2.05, 4.69) is 9.82 Å². The van der Waals surface area contributed by atoms with E-state index in [1.54, 1.807) is 13.1 Å². The molecule has 0 radical (unpaired) electrons. The zero-order valence-electron chi connectivity index (χ0n) is 12.3. The molecule has 0 spiro atoms. The summed E-state index contributed by atoms with van der Waals surface area (Å²) in [5.41, 5.74) is 0.484. The van der Waals surface area contributed by atoms with Crippen LogP contribution in [-0.4, -0.2) is 35.8 Å². The fraction of sp³-hybridized carbons (Fsp3) is 0.286. The van der Waals surface area contributed by atoms with Crippen molar-refractivity contribution in [2.75, 3.05) is 6.54 Å². The number of nitrogens with zero attached hydrogens (tertiary/aromatic N) is 2. The van der Waals surface area contributed by atoms with E-state index in [0.29, 0.717) is 5.56 Å². The van der Waals surface area contributed by atoms with Crippen molar-refractivity contribution in [3.63, 3.8) is 0 Å². The lowest BCUT2D eigenvalue weighted by Gasteiger charge is -2.13. The quantitative estimate of drug-likeness (QED) is 0.775. The van der Waals surface area contributed by atoms with Crippen LogP contribution in [0, 0.1) is 11.7 Å². The zero-order valence-corrected chi connectivity index (χ0v) is 13.1. The molecule has 2 aromatic rings. The Morgan fingerprint density at radius 3 is 2.78 bits per heavy atom. The molecule has 7 nitrogen and oxygen atoms in total. The normalized spacial score (nSPS) is 13.0. The lowest BCUT2D eigenvalue weighted by molar-refractivity contribution is -0.141. The molecule has 0 amide bonds. The standard InChI is InChI=1S/C14H16FN3O4S/c1-18-9-13(8-16-18)23(21,22)17-7-11(14(19)20)5-10-3-2-4-12(15)6-10/h2-4,6,8-9,11,17H,5,7H2,1H3,(H,19,20). The summed E-state index contributed by atoms with van der Waals surface area (Å²) in [4.78, 5) is 11.3. The minimum Gasteiger partial charge on any atom is -0.481 e. The molecule has 2 N–H and O–H groups in total. The summed E-state index contributed by atoms with van der Waals surface area (Å²) in [6, 6.07) is 5.55. The average molecular weight is 341 g/mol. The Morgan fingerprint density at radius 1 is 1.48 bits per heavy atom. The molecule has 0 saturated carbocycles. The number of aliphatic carboxylic acids is 1. The monoisotopic (exact) mass is 341 g/mol. The highest BCUT2D eigenvalue weighted by atomic mass is 32.2. The first-order valence-corrected chi connectivity index (χ1v) is 8.22. The van der Waals surface area contributed by atoms with Gasteiger partial charge in [0.1, 0.15) is 10.7 Å². The number of benzene rings is 1. The molecule has 1 aromatic heterocycles. The van der Waals surface area contributed by atoms with Gasteiger partial charge in [-0.05, 0) is 24.1 Å². The SMILES string of the molecule is Cn1cc(S(=O)(=O)NCC(Cc2cccc(F)c2)C(=O)O)cn1. The van der Waals surface area contributed by atoms with Gasteiger partial charge in [-0.1, -0.05) is 12.1 Å². The van der Waals surface area contributed by atoms with E-state index in [9.17, 15) is 22.7 Å². The van der Waals surface area contributed by atoms with Gasteiger partial charge in [0.05, 0.1) is 12.1 Å². The highest BCUT2D eigenvalue weighted by Crippen LogP contribution is 2.12. The maximum Gasteiger partial charge on any atom is 0.308 e. The first-order valence-electron chi connectivity index (χ1n) is 6.73. The van der Waals surface area contributed by atoms with Crippen molar-refractivity contribution < 1.29 is 22.7 Å². The first kappa shape index (κ1) is 17.1. The maximum absolute atomic E-state index is 13.1. The van der Waals surface area contributed by atoms with E-state index in [4.69, 9.17) is 0 Å². The second-order valence-corrected chi connectivity index (χ2v) is 6.84. The predicted molar refractivity (Wildman–Crippen MR) is 79.6 cm³/mol. The summed E-state index contributed by atoms with van der Waals surface area (Å²) < 4.78 is 40.9. The molecule has 2 rings (SSSR count). The molecule has 0 aliphatic carbocycles. The van der Waals surface area contributed by atoms with Crippen LogP contribution in [0.25, 0.3) is 0 Å². The number of sulfonamides is 1. The Morgan fingerprint density at radius 2 is 2.22 bits per heavy atom. The van der Waals surface area contributed by atoms with Gasteiger partial charge in [0.15, 0.2) is 0 Å². The molecule has 1 atom stereocenters. The number of carboxylic acids is 1. The van der Waals surface area contributed by atoms with Gasteiger partial charge in [-0.3, -0.25) is 9.48 Å². The predicted octanol–water partition coefficient (Wildman–Crippen LogP) is 0.781. The lowest BCUT2D eigenvalue weighted by atomic mass is 10.00. The van der Waals surface area contributed by atoms with Crippen molar-refractivity contribution in [3.8, 4) is 0 Å². The fourth-order valence-corrected chi connectivity index (χ4v) is 3.09. The van der Waals surface area contributed by atoms with Crippen molar-refractivity contribution in [3.05, 3.63) is 48.0 Å². The van der Waals surface area contributed by atoms with E-state index in [1.807, 2.05) is 0 Å². The molecule has 1 aromatic carbocycles. The largest absolute Gasteiger partial charge is 0.481 e. The number of carboxylic acid groups (broad SMARTS) is 1. The Hall–Kier alpha value is -2.26. The summed E-state index contributed by atoms with van der Waals surface area (Å²) in [6.07, 6.45) is 2.50. The minimum atomic E-state index is -3.84. The molecule has 0 saturated heterocycles. The van der Waals surface area contributed by atoms with Gasteiger partial charge in [0.2, 0.25) is 10.0 Å². The van der Waals surface area contributed by atoms with Crippen molar-refractivity contribution in [1.82, 2.24) is 14.5 Å². The summed E-state index contributed by atoms with van der Waals surface area (Å²) >= 11 is 0. The van der Waals surface area contributed by atoms with Gasteiger partial charge in [0.25, 0.3) is 0 Å². The van der Waals surface area contributed by atoms with Gasteiger partial charge in [-0.2, -0.15) is 5.10 Å². The summed E-state index contributed by atoms with van der Waals surface area (Å²) in [5.74, 6) is -2.64.